The van der Waals surface area contributed by atoms with Gasteiger partial charge in [0.2, 0.25) is 0 Å². The fourth-order valence-corrected chi connectivity index (χ4v) is 1.28. The van der Waals surface area contributed by atoms with Crippen LogP contribution in [-0.2, 0) is 0 Å². The van der Waals surface area contributed by atoms with Gasteiger partial charge in [0, 0.05) is 17.6 Å². The predicted octanol–water partition coefficient (Wildman–Crippen LogP) is 2.20. The fourth-order valence-electron chi connectivity index (χ4n) is 0.694. The number of nitrogens with zero attached hydrogens (tertiary/aromatic N) is 1. The van der Waals surface area contributed by atoms with Crippen LogP contribution in [0.2, 0.25) is 0 Å². The lowest BCUT2D eigenvalue weighted by atomic mass is 10.5. The van der Waals surface area contributed by atoms with Gasteiger partial charge in [0.25, 0.3) is 0 Å². The molecule has 0 aliphatic heterocycles. The van der Waals surface area contributed by atoms with Crippen molar-refractivity contribution in [3.63, 3.8) is 0 Å². The normalized spacial score (nSPS) is 10.0. The Kier molecular flexibility index (Phi) is 1.29. The number of aromatic nitrogens is 1. The standard InChI is InChI=1S/C7H4NOS/c1-2-6(9-4-1)7-8-3-5-10-7/h1,3-5H. The van der Waals surface area contributed by atoms with Crippen LogP contribution in [-0.4, -0.2) is 4.98 Å². The molecule has 0 bridgehead atoms. The molecule has 3 heteroatoms. The third-order valence-corrected chi connectivity index (χ3v) is 1.87. The molecule has 10 heavy (non-hydrogen) atoms. The van der Waals surface area contributed by atoms with Gasteiger partial charge in [-0.3, -0.25) is 0 Å². The van der Waals surface area contributed by atoms with E-state index in [1.54, 1.807) is 29.9 Å². The monoisotopic (exact) mass is 150 g/mol. The first-order chi connectivity index (χ1) is 4.97. The van der Waals surface area contributed by atoms with Crippen molar-refractivity contribution in [1.29, 1.82) is 0 Å². The molecule has 2 rings (SSSR count). The van der Waals surface area contributed by atoms with Gasteiger partial charge in [-0.15, -0.1) is 11.3 Å². The average molecular weight is 150 g/mol. The van der Waals surface area contributed by atoms with Crippen molar-refractivity contribution in [2.24, 2.45) is 0 Å². The lowest BCUT2D eigenvalue weighted by molar-refractivity contribution is 0.581. The van der Waals surface area contributed by atoms with Crippen molar-refractivity contribution in [1.82, 2.24) is 4.98 Å². The highest BCUT2D eigenvalue weighted by Crippen LogP contribution is 2.20. The minimum absolute atomic E-state index is 0.718. The number of hydrogen-bond acceptors (Lipinski definition) is 3. The summed E-state index contributed by atoms with van der Waals surface area (Å²) in [6, 6.07) is 4.65. The van der Waals surface area contributed by atoms with Crippen molar-refractivity contribution in [2.45, 2.75) is 0 Å². The van der Waals surface area contributed by atoms with Gasteiger partial charge >= 0.3 is 0 Å². The molecule has 2 heterocycles. The Morgan fingerprint density at radius 3 is 3.20 bits per heavy atom. The van der Waals surface area contributed by atoms with Crippen LogP contribution in [0, 0.1) is 6.07 Å². The molecular weight excluding hydrogens is 146 g/mol. The van der Waals surface area contributed by atoms with Crippen LogP contribution >= 0.6 is 11.3 Å². The third kappa shape index (κ3) is 0.844. The molecule has 0 N–H and O–H groups in total. The van der Waals surface area contributed by atoms with Crippen LogP contribution < -0.4 is 0 Å². The highest BCUT2D eigenvalue weighted by atomic mass is 32.1. The van der Waals surface area contributed by atoms with Crippen molar-refractivity contribution >= 4 is 11.3 Å². The van der Waals surface area contributed by atoms with Crippen molar-refractivity contribution in [2.75, 3.05) is 0 Å². The number of rotatable bonds is 1. The van der Waals surface area contributed by atoms with Crippen LogP contribution in [0.5, 0.6) is 0 Å². The Hall–Kier alpha value is -1.09. The van der Waals surface area contributed by atoms with Gasteiger partial charge in [-0.05, 0) is 6.07 Å². The largest absolute Gasteiger partial charge is 0.461 e. The van der Waals surface area contributed by atoms with Gasteiger partial charge in [-0.2, -0.15) is 0 Å². The number of furan rings is 1. The Morgan fingerprint density at radius 1 is 1.60 bits per heavy atom. The van der Waals surface area contributed by atoms with Gasteiger partial charge < -0.3 is 4.42 Å². The topological polar surface area (TPSA) is 26.0 Å². The molecule has 0 saturated heterocycles. The second-order valence-corrected chi connectivity index (χ2v) is 2.63. The first-order valence-electron chi connectivity index (χ1n) is 2.82. The summed E-state index contributed by atoms with van der Waals surface area (Å²) in [6.07, 6.45) is 3.34. The zero-order chi connectivity index (χ0) is 6.81. The number of thiazole rings is 1. The minimum Gasteiger partial charge on any atom is -0.461 e. The molecule has 0 aliphatic carbocycles. The zero-order valence-corrected chi connectivity index (χ0v) is 5.89. The van der Waals surface area contributed by atoms with E-state index in [0.717, 1.165) is 10.8 Å². The molecular formula is C7H4NOS. The smallest absolute Gasteiger partial charge is 0.170 e. The molecule has 0 fully saturated rings. The van der Waals surface area contributed by atoms with E-state index in [9.17, 15) is 0 Å². The second-order valence-electron chi connectivity index (χ2n) is 1.73. The summed E-state index contributed by atoms with van der Waals surface area (Å²) >= 11 is 1.54. The van der Waals surface area contributed by atoms with E-state index in [1.807, 2.05) is 5.38 Å². The van der Waals surface area contributed by atoms with E-state index in [-0.39, 0.29) is 0 Å². The molecule has 2 aromatic heterocycles. The van der Waals surface area contributed by atoms with Crippen LogP contribution in [0.25, 0.3) is 10.8 Å². The quantitative estimate of drug-likeness (QED) is 0.622. The summed E-state index contributed by atoms with van der Waals surface area (Å²) in [5, 5.41) is 2.79. The summed E-state index contributed by atoms with van der Waals surface area (Å²) in [4.78, 5) is 4.05. The zero-order valence-electron chi connectivity index (χ0n) is 5.07. The van der Waals surface area contributed by atoms with Crippen molar-refractivity contribution < 1.29 is 4.42 Å². The van der Waals surface area contributed by atoms with Gasteiger partial charge in [0.15, 0.2) is 10.8 Å². The van der Waals surface area contributed by atoms with E-state index >= 15 is 0 Å². The molecule has 0 saturated carbocycles. The third-order valence-electron chi connectivity index (χ3n) is 1.09. The Bertz CT molecular complexity index is 253. The summed E-state index contributed by atoms with van der Waals surface area (Å²) in [7, 11) is 0. The Balaban J connectivity index is 2.48. The van der Waals surface area contributed by atoms with Crippen LogP contribution in [0.15, 0.2) is 28.3 Å². The van der Waals surface area contributed by atoms with E-state index in [2.05, 4.69) is 11.1 Å². The second kappa shape index (κ2) is 2.27. The van der Waals surface area contributed by atoms with Crippen LogP contribution in [0.3, 0.4) is 0 Å². The number of hydrogen-bond donors (Lipinski definition) is 0. The van der Waals surface area contributed by atoms with Crippen LogP contribution in [0.4, 0.5) is 0 Å². The maximum atomic E-state index is 5.07. The minimum atomic E-state index is 0.718. The van der Waals surface area contributed by atoms with Gasteiger partial charge in [-0.25, -0.2) is 4.98 Å². The lowest BCUT2D eigenvalue weighted by Crippen LogP contribution is -1.66. The van der Waals surface area contributed by atoms with Gasteiger partial charge in [0.05, 0.1) is 6.26 Å². The molecule has 0 aromatic carbocycles. The molecule has 2 nitrogen and oxygen atoms in total. The van der Waals surface area contributed by atoms with Crippen molar-refractivity contribution in [3.05, 3.63) is 30.0 Å². The molecule has 0 unspecified atom stereocenters. The van der Waals surface area contributed by atoms with Crippen LogP contribution in [0.1, 0.15) is 0 Å². The molecule has 0 aliphatic rings. The average Bonchev–Trinajstić information content (AvgIpc) is 2.59. The Labute approximate surface area is 62.1 Å². The molecule has 49 valence electrons. The maximum Gasteiger partial charge on any atom is 0.170 e. The summed E-state index contributed by atoms with van der Waals surface area (Å²) in [6.45, 7) is 0. The predicted molar refractivity (Wildman–Crippen MR) is 38.7 cm³/mol. The summed E-state index contributed by atoms with van der Waals surface area (Å²) < 4.78 is 5.07. The maximum absolute atomic E-state index is 5.07. The van der Waals surface area contributed by atoms with Gasteiger partial charge in [-0.1, -0.05) is 0 Å². The first kappa shape index (κ1) is 5.68. The highest BCUT2D eigenvalue weighted by molar-refractivity contribution is 7.13. The molecule has 0 amide bonds. The van der Waals surface area contributed by atoms with Gasteiger partial charge in [0.1, 0.15) is 0 Å². The van der Waals surface area contributed by atoms with E-state index in [0.29, 0.717) is 0 Å². The SMILES string of the molecule is [c]1ccoc1-c1nccs1. The summed E-state index contributed by atoms with van der Waals surface area (Å²) in [5.74, 6) is 0.718. The lowest BCUT2D eigenvalue weighted by Gasteiger charge is -1.82. The first-order valence-corrected chi connectivity index (χ1v) is 3.70. The van der Waals surface area contributed by atoms with E-state index in [1.165, 1.54) is 0 Å². The van der Waals surface area contributed by atoms with Crippen molar-refractivity contribution in [3.8, 4) is 10.8 Å². The molecule has 0 atom stereocenters. The molecule has 0 spiro atoms. The molecule has 1 radical (unpaired) electrons. The Morgan fingerprint density at radius 2 is 2.60 bits per heavy atom. The molecule has 2 aromatic rings. The van der Waals surface area contributed by atoms with E-state index in [4.69, 9.17) is 4.42 Å². The fraction of sp³-hybridized carbons (Fsp3) is 0. The van der Waals surface area contributed by atoms with E-state index < -0.39 is 0 Å². The highest BCUT2D eigenvalue weighted by Gasteiger charge is 2.00. The summed E-state index contributed by atoms with van der Waals surface area (Å²) in [5.41, 5.74) is 0.